The van der Waals surface area contributed by atoms with E-state index in [9.17, 15) is 4.79 Å². The van der Waals surface area contributed by atoms with Crippen LogP contribution in [0.3, 0.4) is 0 Å². The van der Waals surface area contributed by atoms with Crippen LogP contribution in [-0.4, -0.2) is 57.6 Å². The Hall–Kier alpha value is -3.55. The maximum Gasteiger partial charge on any atom is 0.270 e. The number of hydrogen-bond acceptors (Lipinski definition) is 5. The number of carbonyl (C=O) groups excluding carboxylic acids is 1. The minimum atomic E-state index is -0.0184. The van der Waals surface area contributed by atoms with Gasteiger partial charge in [0, 0.05) is 31.1 Å². The van der Waals surface area contributed by atoms with Crippen molar-refractivity contribution in [2.45, 2.75) is 25.8 Å². The summed E-state index contributed by atoms with van der Waals surface area (Å²) in [5.74, 6) is 2.25. The summed E-state index contributed by atoms with van der Waals surface area (Å²) in [5, 5.41) is 0.832. The van der Waals surface area contributed by atoms with Gasteiger partial charge in [0.1, 0.15) is 17.0 Å². The fraction of sp³-hybridized carbons (Fsp3) is 0.348. The van der Waals surface area contributed by atoms with Crippen LogP contribution in [0.2, 0.25) is 0 Å². The number of pyridine rings is 1. The first-order valence-electron chi connectivity index (χ1n) is 10.5. The number of fused-ring (bicyclic) bond motifs is 2. The van der Waals surface area contributed by atoms with E-state index in [0.29, 0.717) is 30.3 Å². The first kappa shape index (κ1) is 19.4. The lowest BCUT2D eigenvalue weighted by molar-refractivity contribution is 0.0783. The highest BCUT2D eigenvalue weighted by atomic mass is 16.5. The van der Waals surface area contributed by atoms with Crippen molar-refractivity contribution in [2.24, 2.45) is 0 Å². The van der Waals surface area contributed by atoms with Gasteiger partial charge < -0.3 is 23.9 Å². The zero-order valence-electron chi connectivity index (χ0n) is 17.9. The SMILES string of the molecule is CCc1nc2cccnc2n1[C@@H]1CCN(C(=O)c2cc3c(OC)c(OC)ccc3[nH]2)C1. The zero-order valence-corrected chi connectivity index (χ0v) is 17.9. The summed E-state index contributed by atoms with van der Waals surface area (Å²) in [6.07, 6.45) is 3.49. The van der Waals surface area contributed by atoms with Gasteiger partial charge in [-0.1, -0.05) is 6.92 Å². The van der Waals surface area contributed by atoms with E-state index in [4.69, 9.17) is 14.5 Å². The zero-order chi connectivity index (χ0) is 21.5. The van der Waals surface area contributed by atoms with Crippen molar-refractivity contribution in [1.29, 1.82) is 0 Å². The van der Waals surface area contributed by atoms with E-state index in [1.54, 1.807) is 20.4 Å². The topological polar surface area (TPSA) is 85.3 Å². The molecule has 0 bridgehead atoms. The molecule has 4 aromatic rings. The van der Waals surface area contributed by atoms with Crippen LogP contribution in [0.5, 0.6) is 11.5 Å². The van der Waals surface area contributed by atoms with Gasteiger partial charge in [-0.05, 0) is 36.8 Å². The number of ether oxygens (including phenoxy) is 2. The predicted octanol–water partition coefficient (Wildman–Crippen LogP) is 3.58. The van der Waals surface area contributed by atoms with Crippen molar-refractivity contribution < 1.29 is 14.3 Å². The lowest BCUT2D eigenvalue weighted by atomic mass is 10.2. The van der Waals surface area contributed by atoms with Crippen LogP contribution in [0.1, 0.15) is 35.7 Å². The summed E-state index contributed by atoms with van der Waals surface area (Å²) in [6, 6.07) is 9.64. The molecule has 5 rings (SSSR count). The molecule has 1 atom stereocenters. The maximum atomic E-state index is 13.3. The molecular formula is C23H25N5O3. The molecule has 160 valence electrons. The van der Waals surface area contributed by atoms with E-state index in [1.165, 1.54) is 0 Å². The van der Waals surface area contributed by atoms with Gasteiger partial charge in [-0.25, -0.2) is 9.97 Å². The number of aromatic nitrogens is 4. The monoisotopic (exact) mass is 419 g/mol. The molecule has 0 saturated carbocycles. The van der Waals surface area contributed by atoms with E-state index in [1.807, 2.05) is 35.2 Å². The third-order valence-electron chi connectivity index (χ3n) is 6.03. The average molecular weight is 419 g/mol. The summed E-state index contributed by atoms with van der Waals surface area (Å²) in [7, 11) is 3.21. The van der Waals surface area contributed by atoms with E-state index in [-0.39, 0.29) is 11.9 Å². The molecule has 4 heterocycles. The number of H-pyrrole nitrogens is 1. The lowest BCUT2D eigenvalue weighted by Crippen LogP contribution is -2.29. The average Bonchev–Trinajstić information content (AvgIpc) is 3.53. The number of imidazole rings is 1. The van der Waals surface area contributed by atoms with Gasteiger partial charge in [0.15, 0.2) is 17.1 Å². The number of likely N-dealkylation sites (tertiary alicyclic amines) is 1. The smallest absolute Gasteiger partial charge is 0.270 e. The number of methoxy groups -OCH3 is 2. The van der Waals surface area contributed by atoms with Crippen LogP contribution in [0.25, 0.3) is 22.1 Å². The second kappa shape index (κ2) is 7.61. The molecule has 0 aliphatic carbocycles. The summed E-state index contributed by atoms with van der Waals surface area (Å²) in [4.78, 5) is 27.7. The summed E-state index contributed by atoms with van der Waals surface area (Å²) in [5.41, 5.74) is 3.18. The Balaban J connectivity index is 1.44. The van der Waals surface area contributed by atoms with E-state index in [2.05, 4.69) is 21.5 Å². The number of hydrogen-bond donors (Lipinski definition) is 1. The standard InChI is InChI=1S/C23H25N5O3/c1-4-20-26-17-6-5-10-24-22(17)28(20)14-9-11-27(13-14)23(29)18-12-15-16(25-18)7-8-19(30-2)21(15)31-3/h5-8,10,12,14,25H,4,9,11,13H2,1-3H3/t14-/m1/s1. The Morgan fingerprint density at radius 2 is 2.13 bits per heavy atom. The number of nitrogens with one attached hydrogen (secondary N) is 1. The quantitative estimate of drug-likeness (QED) is 0.534. The molecule has 1 saturated heterocycles. The van der Waals surface area contributed by atoms with Crippen LogP contribution >= 0.6 is 0 Å². The highest BCUT2D eigenvalue weighted by Gasteiger charge is 2.31. The summed E-state index contributed by atoms with van der Waals surface area (Å²) in [6.45, 7) is 3.42. The minimum Gasteiger partial charge on any atom is -0.493 e. The molecule has 1 fully saturated rings. The van der Waals surface area contributed by atoms with Gasteiger partial charge in [0.25, 0.3) is 5.91 Å². The van der Waals surface area contributed by atoms with Crippen molar-refractivity contribution in [3.05, 3.63) is 48.0 Å². The molecule has 31 heavy (non-hydrogen) atoms. The number of aromatic amines is 1. The largest absolute Gasteiger partial charge is 0.493 e. The fourth-order valence-electron chi connectivity index (χ4n) is 4.56. The molecule has 1 amide bonds. The van der Waals surface area contributed by atoms with Crippen molar-refractivity contribution >= 4 is 28.0 Å². The first-order valence-corrected chi connectivity index (χ1v) is 10.5. The van der Waals surface area contributed by atoms with Crippen molar-refractivity contribution in [3.8, 4) is 11.5 Å². The summed E-state index contributed by atoms with van der Waals surface area (Å²) < 4.78 is 13.1. The molecule has 1 N–H and O–H groups in total. The fourth-order valence-corrected chi connectivity index (χ4v) is 4.56. The lowest BCUT2D eigenvalue weighted by Gasteiger charge is -2.18. The van der Waals surface area contributed by atoms with Crippen LogP contribution in [0.4, 0.5) is 0 Å². The van der Waals surface area contributed by atoms with Crippen molar-refractivity contribution in [2.75, 3.05) is 27.3 Å². The Morgan fingerprint density at radius 3 is 2.90 bits per heavy atom. The number of rotatable bonds is 5. The van der Waals surface area contributed by atoms with E-state index < -0.39 is 0 Å². The number of carbonyl (C=O) groups is 1. The molecular weight excluding hydrogens is 394 g/mol. The Kier molecular flexibility index (Phi) is 4.77. The molecule has 0 radical (unpaired) electrons. The molecule has 1 aliphatic heterocycles. The normalized spacial score (nSPS) is 16.4. The predicted molar refractivity (Wildman–Crippen MR) is 118 cm³/mol. The number of aryl methyl sites for hydroxylation is 1. The Morgan fingerprint density at radius 1 is 1.26 bits per heavy atom. The van der Waals surface area contributed by atoms with Crippen LogP contribution < -0.4 is 9.47 Å². The molecule has 1 aromatic carbocycles. The van der Waals surface area contributed by atoms with Gasteiger partial charge in [-0.2, -0.15) is 0 Å². The molecule has 1 aliphatic rings. The Bertz CT molecular complexity index is 1280. The van der Waals surface area contributed by atoms with E-state index in [0.717, 1.165) is 40.7 Å². The maximum absolute atomic E-state index is 13.3. The molecule has 8 nitrogen and oxygen atoms in total. The second-order valence-electron chi connectivity index (χ2n) is 7.74. The minimum absolute atomic E-state index is 0.0184. The van der Waals surface area contributed by atoms with E-state index >= 15 is 0 Å². The van der Waals surface area contributed by atoms with Gasteiger partial charge >= 0.3 is 0 Å². The third kappa shape index (κ3) is 3.10. The van der Waals surface area contributed by atoms with Crippen LogP contribution in [-0.2, 0) is 6.42 Å². The molecule has 0 unspecified atom stereocenters. The Labute approximate surface area is 179 Å². The highest BCUT2D eigenvalue weighted by Crippen LogP contribution is 2.36. The number of amides is 1. The number of benzene rings is 1. The van der Waals surface area contributed by atoms with Crippen LogP contribution in [0.15, 0.2) is 36.5 Å². The van der Waals surface area contributed by atoms with Crippen molar-refractivity contribution in [3.63, 3.8) is 0 Å². The van der Waals surface area contributed by atoms with Gasteiger partial charge in [-0.15, -0.1) is 0 Å². The van der Waals surface area contributed by atoms with Gasteiger partial charge in [-0.3, -0.25) is 4.79 Å². The third-order valence-corrected chi connectivity index (χ3v) is 6.03. The van der Waals surface area contributed by atoms with Gasteiger partial charge in [0.05, 0.1) is 25.8 Å². The first-order chi connectivity index (χ1) is 15.1. The molecule has 3 aromatic heterocycles. The summed E-state index contributed by atoms with van der Waals surface area (Å²) >= 11 is 0. The number of nitrogens with zero attached hydrogens (tertiary/aromatic N) is 4. The van der Waals surface area contributed by atoms with Crippen molar-refractivity contribution in [1.82, 2.24) is 24.4 Å². The highest BCUT2D eigenvalue weighted by molar-refractivity contribution is 6.00. The second-order valence-corrected chi connectivity index (χ2v) is 7.74. The molecule has 8 heteroatoms. The van der Waals surface area contributed by atoms with Gasteiger partial charge in [0.2, 0.25) is 0 Å². The molecule has 0 spiro atoms. The van der Waals surface area contributed by atoms with Crippen LogP contribution in [0, 0.1) is 0 Å².